The third-order valence-electron chi connectivity index (χ3n) is 4.14. The van der Waals surface area contributed by atoms with Gasteiger partial charge in [0.25, 0.3) is 0 Å². The van der Waals surface area contributed by atoms with Crippen LogP contribution in [0.25, 0.3) is 0 Å². The Morgan fingerprint density at radius 3 is 2.47 bits per heavy atom. The van der Waals surface area contributed by atoms with E-state index in [1.54, 1.807) is 0 Å². The van der Waals surface area contributed by atoms with Crippen LogP contribution < -0.4 is 0 Å². The highest BCUT2D eigenvalue weighted by atomic mass is 16.4. The number of fused-ring (bicyclic) bond motifs is 2. The van der Waals surface area contributed by atoms with Crippen LogP contribution in [0.4, 0.5) is 0 Å². The zero-order valence-corrected chi connectivity index (χ0v) is 8.61. The van der Waals surface area contributed by atoms with Crippen LogP contribution in [-0.4, -0.2) is 22.2 Å². The van der Waals surface area contributed by atoms with Gasteiger partial charge in [-0.25, -0.2) is 0 Å². The third kappa shape index (κ3) is 1.52. The maximum absolute atomic E-state index is 11.3. The topological polar surface area (TPSA) is 74.6 Å². The van der Waals surface area contributed by atoms with Crippen molar-refractivity contribution >= 4 is 11.9 Å². The van der Waals surface area contributed by atoms with Gasteiger partial charge in [-0.2, -0.15) is 0 Å². The Labute approximate surface area is 88.3 Å². The highest BCUT2D eigenvalue weighted by Crippen LogP contribution is 2.52. The molecule has 0 saturated heterocycles. The summed E-state index contributed by atoms with van der Waals surface area (Å²) in [6.07, 6.45) is 4.45. The number of carboxylic acids is 2. The fraction of sp³-hybridized carbons (Fsp3) is 0.818. The number of carbonyl (C=O) groups is 2. The van der Waals surface area contributed by atoms with Gasteiger partial charge in [-0.1, -0.05) is 12.8 Å². The molecule has 2 rings (SSSR count). The molecule has 15 heavy (non-hydrogen) atoms. The molecular formula is C11H16O4. The van der Waals surface area contributed by atoms with E-state index in [4.69, 9.17) is 5.11 Å². The third-order valence-corrected chi connectivity index (χ3v) is 4.14. The minimum Gasteiger partial charge on any atom is -0.481 e. The maximum atomic E-state index is 11.3. The molecule has 3 unspecified atom stereocenters. The van der Waals surface area contributed by atoms with Crippen molar-refractivity contribution in [3.63, 3.8) is 0 Å². The standard InChI is InChI=1S/C11H16O4/c12-9(13)8-4-3-7-2-1-5-11(8,6-7)10(14)15/h7-8H,1-6H2,(H,12,13)(H,14,15). The van der Waals surface area contributed by atoms with E-state index in [-0.39, 0.29) is 0 Å². The Bertz CT molecular complexity index is 299. The summed E-state index contributed by atoms with van der Waals surface area (Å²) in [5, 5.41) is 18.4. The van der Waals surface area contributed by atoms with Crippen LogP contribution in [0.2, 0.25) is 0 Å². The molecule has 0 radical (unpaired) electrons. The highest BCUT2D eigenvalue weighted by molar-refractivity contribution is 5.83. The number of hydrogen-bond donors (Lipinski definition) is 2. The summed E-state index contributed by atoms with van der Waals surface area (Å²) < 4.78 is 0. The van der Waals surface area contributed by atoms with Crippen molar-refractivity contribution in [3.05, 3.63) is 0 Å². The molecule has 0 amide bonds. The van der Waals surface area contributed by atoms with Gasteiger partial charge in [0.15, 0.2) is 0 Å². The lowest BCUT2D eigenvalue weighted by molar-refractivity contribution is -0.171. The molecule has 0 aromatic heterocycles. The summed E-state index contributed by atoms with van der Waals surface area (Å²) in [4.78, 5) is 22.4. The summed E-state index contributed by atoms with van der Waals surface area (Å²) in [5.41, 5.74) is -0.965. The average molecular weight is 212 g/mol. The van der Waals surface area contributed by atoms with Crippen molar-refractivity contribution < 1.29 is 19.8 Å². The molecule has 0 heterocycles. The Morgan fingerprint density at radius 1 is 1.13 bits per heavy atom. The molecule has 0 aliphatic heterocycles. The lowest BCUT2D eigenvalue weighted by Gasteiger charge is -2.45. The highest BCUT2D eigenvalue weighted by Gasteiger charge is 2.54. The summed E-state index contributed by atoms with van der Waals surface area (Å²) >= 11 is 0. The van der Waals surface area contributed by atoms with Crippen LogP contribution in [0.1, 0.15) is 38.5 Å². The van der Waals surface area contributed by atoms with Gasteiger partial charge in [0.05, 0.1) is 11.3 Å². The van der Waals surface area contributed by atoms with Gasteiger partial charge in [0.1, 0.15) is 0 Å². The van der Waals surface area contributed by atoms with E-state index in [0.717, 1.165) is 19.3 Å². The minimum atomic E-state index is -0.965. The van der Waals surface area contributed by atoms with Crippen LogP contribution in [0, 0.1) is 17.3 Å². The number of aliphatic carboxylic acids is 2. The molecule has 2 aliphatic carbocycles. The summed E-state index contributed by atoms with van der Waals surface area (Å²) in [5.74, 6) is -2.07. The van der Waals surface area contributed by atoms with Crippen molar-refractivity contribution in [3.8, 4) is 0 Å². The van der Waals surface area contributed by atoms with E-state index < -0.39 is 23.3 Å². The summed E-state index contributed by atoms with van der Waals surface area (Å²) in [7, 11) is 0. The first-order chi connectivity index (χ1) is 7.06. The smallest absolute Gasteiger partial charge is 0.310 e. The van der Waals surface area contributed by atoms with Crippen LogP contribution in [0.5, 0.6) is 0 Å². The number of rotatable bonds is 2. The Balaban J connectivity index is 2.32. The normalized spacial score (nSPS) is 39.7. The van der Waals surface area contributed by atoms with Gasteiger partial charge in [-0.05, 0) is 31.6 Å². The van der Waals surface area contributed by atoms with E-state index in [0.29, 0.717) is 25.2 Å². The molecule has 2 bridgehead atoms. The van der Waals surface area contributed by atoms with E-state index in [2.05, 4.69) is 0 Å². The number of carboxylic acid groups (broad SMARTS) is 2. The molecule has 0 spiro atoms. The predicted molar refractivity (Wildman–Crippen MR) is 52.4 cm³/mol. The molecule has 4 heteroatoms. The average Bonchev–Trinajstić information content (AvgIpc) is 2.17. The van der Waals surface area contributed by atoms with Crippen LogP contribution in [-0.2, 0) is 9.59 Å². The van der Waals surface area contributed by atoms with Gasteiger partial charge in [-0.15, -0.1) is 0 Å². The Morgan fingerprint density at radius 2 is 1.87 bits per heavy atom. The van der Waals surface area contributed by atoms with Crippen LogP contribution in [0.15, 0.2) is 0 Å². The van der Waals surface area contributed by atoms with E-state index >= 15 is 0 Å². The zero-order chi connectivity index (χ0) is 11.1. The van der Waals surface area contributed by atoms with Crippen molar-refractivity contribution in [2.24, 2.45) is 17.3 Å². The second-order valence-electron chi connectivity index (χ2n) is 4.89. The first-order valence-electron chi connectivity index (χ1n) is 5.52. The van der Waals surface area contributed by atoms with Crippen LogP contribution >= 0.6 is 0 Å². The molecule has 84 valence electrons. The van der Waals surface area contributed by atoms with Gasteiger partial charge in [-0.3, -0.25) is 9.59 Å². The predicted octanol–water partition coefficient (Wildman–Crippen LogP) is 1.74. The molecule has 2 N–H and O–H groups in total. The largest absolute Gasteiger partial charge is 0.481 e. The van der Waals surface area contributed by atoms with Crippen molar-refractivity contribution in [2.45, 2.75) is 38.5 Å². The summed E-state index contributed by atoms with van der Waals surface area (Å²) in [6.45, 7) is 0. The minimum absolute atomic E-state index is 0.436. The van der Waals surface area contributed by atoms with Gasteiger partial charge >= 0.3 is 11.9 Å². The van der Waals surface area contributed by atoms with Gasteiger partial charge in [0, 0.05) is 0 Å². The lowest BCUT2D eigenvalue weighted by Crippen LogP contribution is -2.49. The molecular weight excluding hydrogens is 196 g/mol. The second kappa shape index (κ2) is 3.51. The molecule has 2 aliphatic rings. The van der Waals surface area contributed by atoms with Crippen molar-refractivity contribution in [1.29, 1.82) is 0 Å². The molecule has 0 aromatic carbocycles. The van der Waals surface area contributed by atoms with Gasteiger partial charge < -0.3 is 10.2 Å². The molecule has 2 saturated carbocycles. The first kappa shape index (κ1) is 10.5. The van der Waals surface area contributed by atoms with E-state index in [1.165, 1.54) is 0 Å². The van der Waals surface area contributed by atoms with Crippen molar-refractivity contribution in [2.75, 3.05) is 0 Å². The van der Waals surface area contributed by atoms with Crippen molar-refractivity contribution in [1.82, 2.24) is 0 Å². The molecule has 4 nitrogen and oxygen atoms in total. The fourth-order valence-corrected chi connectivity index (χ4v) is 3.37. The monoisotopic (exact) mass is 212 g/mol. The molecule has 2 fully saturated rings. The zero-order valence-electron chi connectivity index (χ0n) is 8.61. The Kier molecular flexibility index (Phi) is 2.44. The second-order valence-corrected chi connectivity index (χ2v) is 4.89. The first-order valence-corrected chi connectivity index (χ1v) is 5.52. The maximum Gasteiger partial charge on any atom is 0.310 e. The molecule has 0 aromatic rings. The number of hydrogen-bond acceptors (Lipinski definition) is 2. The fourth-order valence-electron chi connectivity index (χ4n) is 3.37. The SMILES string of the molecule is O=C(O)C1CCC2CCCC1(C(=O)O)C2. The molecule has 3 atom stereocenters. The quantitative estimate of drug-likeness (QED) is 0.731. The van der Waals surface area contributed by atoms with E-state index in [1.807, 2.05) is 0 Å². The van der Waals surface area contributed by atoms with Gasteiger partial charge in [0.2, 0.25) is 0 Å². The van der Waals surface area contributed by atoms with Crippen LogP contribution in [0.3, 0.4) is 0 Å². The summed E-state index contributed by atoms with van der Waals surface area (Å²) in [6, 6.07) is 0. The van der Waals surface area contributed by atoms with E-state index in [9.17, 15) is 14.7 Å². The lowest BCUT2D eigenvalue weighted by atomic mass is 9.57. The Hall–Kier alpha value is -1.06.